The Kier molecular flexibility index (Phi) is 8.20. The summed E-state index contributed by atoms with van der Waals surface area (Å²) >= 11 is 0. The molecule has 1 heterocycles. The summed E-state index contributed by atoms with van der Waals surface area (Å²) in [5.74, 6) is 1.13. The topological polar surface area (TPSA) is 41.6 Å². The zero-order chi connectivity index (χ0) is 15.1. The van der Waals surface area contributed by atoms with Gasteiger partial charge in [-0.1, -0.05) is 0 Å². The van der Waals surface area contributed by atoms with Crippen LogP contribution >= 0.6 is 12.4 Å². The van der Waals surface area contributed by atoms with Crippen molar-refractivity contribution in [2.24, 2.45) is 5.92 Å². The van der Waals surface area contributed by atoms with Crippen LogP contribution in [0.2, 0.25) is 0 Å². The molecule has 1 fully saturated rings. The van der Waals surface area contributed by atoms with Crippen molar-refractivity contribution < 1.29 is 13.9 Å². The van der Waals surface area contributed by atoms with Crippen LogP contribution in [0.4, 0.5) is 4.39 Å². The molecular weight excluding hydrogens is 307 g/mol. The molecule has 1 N–H and O–H groups in total. The molecule has 22 heavy (non-hydrogen) atoms. The molecule has 0 saturated carbocycles. The van der Waals surface area contributed by atoms with Crippen molar-refractivity contribution in [3.8, 4) is 5.75 Å². The van der Waals surface area contributed by atoms with Gasteiger partial charge < -0.3 is 15.0 Å². The molecule has 1 aromatic carbocycles. The smallest absolute Gasteiger partial charge is 0.222 e. The van der Waals surface area contributed by atoms with Gasteiger partial charge in [-0.2, -0.15) is 0 Å². The Morgan fingerprint density at radius 3 is 2.77 bits per heavy atom. The summed E-state index contributed by atoms with van der Waals surface area (Å²) in [5, 5.41) is 3.31. The molecule has 124 valence electrons. The fraction of sp³-hybridized carbons (Fsp3) is 0.562. The van der Waals surface area contributed by atoms with Crippen molar-refractivity contribution in [3.05, 3.63) is 30.1 Å². The summed E-state index contributed by atoms with van der Waals surface area (Å²) in [6, 6.07) is 5.90. The monoisotopic (exact) mass is 330 g/mol. The number of hydrogen-bond acceptors (Lipinski definition) is 3. The predicted molar refractivity (Wildman–Crippen MR) is 87.0 cm³/mol. The van der Waals surface area contributed by atoms with E-state index in [0.29, 0.717) is 31.2 Å². The summed E-state index contributed by atoms with van der Waals surface area (Å²) in [4.78, 5) is 13.7. The van der Waals surface area contributed by atoms with Gasteiger partial charge in [-0.15, -0.1) is 12.4 Å². The number of amides is 1. The Bertz CT molecular complexity index is 450. The number of rotatable bonds is 7. The summed E-state index contributed by atoms with van der Waals surface area (Å²) < 4.78 is 18.2. The number of nitrogens with zero attached hydrogens (tertiary/aromatic N) is 1. The van der Waals surface area contributed by atoms with E-state index in [1.54, 1.807) is 24.1 Å². The first kappa shape index (κ1) is 18.7. The van der Waals surface area contributed by atoms with Crippen molar-refractivity contribution in [1.29, 1.82) is 0 Å². The fourth-order valence-corrected chi connectivity index (χ4v) is 2.44. The molecule has 1 amide bonds. The van der Waals surface area contributed by atoms with Gasteiger partial charge >= 0.3 is 0 Å². The summed E-state index contributed by atoms with van der Waals surface area (Å²) in [7, 11) is 1.79. The van der Waals surface area contributed by atoms with Crippen LogP contribution in [-0.4, -0.2) is 44.1 Å². The maximum Gasteiger partial charge on any atom is 0.222 e. The average molecular weight is 331 g/mol. The van der Waals surface area contributed by atoms with E-state index in [-0.39, 0.29) is 24.1 Å². The first-order valence-corrected chi connectivity index (χ1v) is 7.48. The van der Waals surface area contributed by atoms with Crippen LogP contribution in [0.15, 0.2) is 24.3 Å². The normalized spacial score (nSPS) is 16.9. The molecule has 6 heteroatoms. The van der Waals surface area contributed by atoms with E-state index in [2.05, 4.69) is 5.32 Å². The Hall–Kier alpha value is -1.33. The highest BCUT2D eigenvalue weighted by Gasteiger charge is 2.17. The van der Waals surface area contributed by atoms with E-state index in [4.69, 9.17) is 4.74 Å². The minimum Gasteiger partial charge on any atom is -0.492 e. The third-order valence-electron chi connectivity index (χ3n) is 3.86. The van der Waals surface area contributed by atoms with E-state index in [0.717, 1.165) is 19.5 Å². The highest BCUT2D eigenvalue weighted by Crippen LogP contribution is 2.15. The molecule has 4 nitrogen and oxygen atoms in total. The third-order valence-corrected chi connectivity index (χ3v) is 3.86. The highest BCUT2D eigenvalue weighted by molar-refractivity contribution is 5.85. The van der Waals surface area contributed by atoms with E-state index in [1.165, 1.54) is 18.6 Å². The number of hydrogen-bond donors (Lipinski definition) is 1. The number of halogens is 2. The second kappa shape index (κ2) is 9.64. The molecule has 2 rings (SSSR count). The van der Waals surface area contributed by atoms with Gasteiger partial charge in [-0.25, -0.2) is 4.39 Å². The minimum atomic E-state index is -0.281. The van der Waals surface area contributed by atoms with E-state index >= 15 is 0 Å². The Balaban J connectivity index is 0.00000242. The van der Waals surface area contributed by atoms with E-state index < -0.39 is 0 Å². The lowest BCUT2D eigenvalue weighted by atomic mass is 10.0. The Morgan fingerprint density at radius 2 is 2.14 bits per heavy atom. The van der Waals surface area contributed by atoms with Crippen molar-refractivity contribution in [3.63, 3.8) is 0 Å². The minimum absolute atomic E-state index is 0. The van der Waals surface area contributed by atoms with Gasteiger partial charge in [0.15, 0.2) is 0 Å². The average Bonchev–Trinajstić information content (AvgIpc) is 3.00. The standard InChI is InChI=1S/C16H23FN2O2.ClH/c1-19(16(20)7-2-13-8-9-18-12-13)10-11-21-15-5-3-14(17)4-6-15;/h3-6,13,18H,2,7-12H2,1H3;1H. The van der Waals surface area contributed by atoms with Crippen LogP contribution < -0.4 is 10.1 Å². The molecule has 1 unspecified atom stereocenters. The number of carbonyl (C=O) groups excluding carboxylic acids is 1. The summed E-state index contributed by atoms with van der Waals surface area (Å²) in [5.41, 5.74) is 0. The van der Waals surface area contributed by atoms with Gasteiger partial charge in [0.2, 0.25) is 5.91 Å². The fourth-order valence-electron chi connectivity index (χ4n) is 2.44. The van der Waals surface area contributed by atoms with E-state index in [9.17, 15) is 9.18 Å². The number of benzene rings is 1. The summed E-state index contributed by atoms with van der Waals surface area (Å²) in [6.07, 6.45) is 2.72. The molecule has 0 bridgehead atoms. The van der Waals surface area contributed by atoms with E-state index in [1.807, 2.05) is 0 Å². The zero-order valence-electron chi connectivity index (χ0n) is 12.9. The molecule has 0 aromatic heterocycles. The molecule has 0 spiro atoms. The first-order chi connectivity index (χ1) is 10.1. The molecule has 1 aromatic rings. The molecule has 0 radical (unpaired) electrons. The first-order valence-electron chi connectivity index (χ1n) is 7.48. The lowest BCUT2D eigenvalue weighted by Crippen LogP contribution is -2.31. The van der Waals surface area contributed by atoms with Crippen molar-refractivity contribution in [1.82, 2.24) is 10.2 Å². The van der Waals surface area contributed by atoms with Crippen LogP contribution in [0.5, 0.6) is 5.75 Å². The van der Waals surface area contributed by atoms with Crippen molar-refractivity contribution >= 4 is 18.3 Å². The zero-order valence-corrected chi connectivity index (χ0v) is 13.7. The number of carbonyl (C=O) groups is 1. The molecule has 1 saturated heterocycles. The molecular formula is C16H24ClFN2O2. The SMILES string of the molecule is CN(CCOc1ccc(F)cc1)C(=O)CCC1CCNC1.Cl. The van der Waals surface area contributed by atoms with Gasteiger partial charge in [0.1, 0.15) is 18.2 Å². The number of nitrogens with one attached hydrogen (secondary N) is 1. The lowest BCUT2D eigenvalue weighted by Gasteiger charge is -2.18. The van der Waals surface area contributed by atoms with Crippen LogP contribution in [0.3, 0.4) is 0 Å². The molecule has 1 atom stereocenters. The highest BCUT2D eigenvalue weighted by atomic mass is 35.5. The van der Waals surface area contributed by atoms with Crippen molar-refractivity contribution in [2.75, 3.05) is 33.3 Å². The Morgan fingerprint density at radius 1 is 1.41 bits per heavy atom. The van der Waals surface area contributed by atoms with Crippen LogP contribution in [0.1, 0.15) is 19.3 Å². The lowest BCUT2D eigenvalue weighted by molar-refractivity contribution is -0.130. The van der Waals surface area contributed by atoms with Crippen LogP contribution in [0, 0.1) is 11.7 Å². The molecule has 1 aliphatic heterocycles. The second-order valence-corrected chi connectivity index (χ2v) is 5.52. The maximum atomic E-state index is 12.7. The third kappa shape index (κ3) is 6.20. The largest absolute Gasteiger partial charge is 0.492 e. The van der Waals surface area contributed by atoms with Gasteiger partial charge in [-0.3, -0.25) is 4.79 Å². The van der Waals surface area contributed by atoms with Crippen molar-refractivity contribution in [2.45, 2.75) is 19.3 Å². The molecule has 1 aliphatic rings. The maximum absolute atomic E-state index is 12.7. The van der Waals surface area contributed by atoms with Crippen LogP contribution in [0.25, 0.3) is 0 Å². The van der Waals surface area contributed by atoms with Gasteiger partial charge in [0.25, 0.3) is 0 Å². The quantitative estimate of drug-likeness (QED) is 0.835. The van der Waals surface area contributed by atoms with Crippen LogP contribution in [-0.2, 0) is 4.79 Å². The Labute approximate surface area is 137 Å². The summed E-state index contributed by atoms with van der Waals surface area (Å²) in [6.45, 7) is 3.06. The second-order valence-electron chi connectivity index (χ2n) is 5.52. The van der Waals surface area contributed by atoms with Gasteiger partial charge in [0, 0.05) is 13.5 Å². The van der Waals surface area contributed by atoms with Gasteiger partial charge in [0.05, 0.1) is 6.54 Å². The molecule has 0 aliphatic carbocycles. The number of likely N-dealkylation sites (N-methyl/N-ethyl adjacent to an activating group) is 1. The van der Waals surface area contributed by atoms with Gasteiger partial charge in [-0.05, 0) is 56.1 Å². The predicted octanol–water partition coefficient (Wildman–Crippen LogP) is 2.47. The number of ether oxygens (including phenoxy) is 1.